The van der Waals surface area contributed by atoms with Gasteiger partial charge in [0.1, 0.15) is 18.2 Å². The molecule has 0 amide bonds. The van der Waals surface area contributed by atoms with E-state index in [1.54, 1.807) is 14.0 Å². The maximum Gasteiger partial charge on any atom is 0.418 e. The molecule has 8 nitrogen and oxygen atoms in total. The minimum Gasteiger partial charge on any atom is -0.461 e. The van der Waals surface area contributed by atoms with Gasteiger partial charge < -0.3 is 20.7 Å². The van der Waals surface area contributed by atoms with Gasteiger partial charge in [-0.05, 0) is 38.2 Å². The van der Waals surface area contributed by atoms with Crippen molar-refractivity contribution in [2.45, 2.75) is 31.0 Å². The Labute approximate surface area is 226 Å². The van der Waals surface area contributed by atoms with Crippen LogP contribution < -0.4 is 20.7 Å². The fraction of sp³-hybridized carbons (Fsp3) is 0.480. The molecule has 2 aliphatic heterocycles. The van der Waals surface area contributed by atoms with Gasteiger partial charge in [-0.1, -0.05) is 11.6 Å². The summed E-state index contributed by atoms with van der Waals surface area (Å²) < 4.78 is 75.5. The lowest BCUT2D eigenvalue weighted by Gasteiger charge is -2.31. The number of halogens is 6. The van der Waals surface area contributed by atoms with Crippen molar-refractivity contribution in [3.05, 3.63) is 34.9 Å². The molecule has 3 aromatic rings. The zero-order valence-electron chi connectivity index (χ0n) is 21.2. The molecule has 1 aromatic carbocycles. The Hall–Kier alpha value is -3.03. The van der Waals surface area contributed by atoms with Gasteiger partial charge in [0.05, 0.1) is 33.9 Å². The summed E-state index contributed by atoms with van der Waals surface area (Å²) in [5, 5.41) is 3.77. The molecule has 2 saturated heterocycles. The van der Waals surface area contributed by atoms with Crippen LogP contribution >= 0.6 is 11.6 Å². The highest BCUT2D eigenvalue weighted by molar-refractivity contribution is 6.34. The highest BCUT2D eigenvalue weighted by Gasteiger charge is 2.51. The summed E-state index contributed by atoms with van der Waals surface area (Å²) >= 11 is 6.53. The number of rotatable bonds is 5. The second-order valence-corrected chi connectivity index (χ2v) is 10.6. The Balaban J connectivity index is 1.61. The van der Waals surface area contributed by atoms with Crippen LogP contribution in [0, 0.1) is 0 Å². The first-order chi connectivity index (χ1) is 18.3. The van der Waals surface area contributed by atoms with Crippen LogP contribution in [0.2, 0.25) is 5.02 Å². The third-order valence-electron chi connectivity index (χ3n) is 7.18. The molecule has 2 fully saturated rings. The number of nitrogens with zero attached hydrogens (tertiary/aromatic N) is 5. The van der Waals surface area contributed by atoms with E-state index in [-0.39, 0.29) is 34.5 Å². The predicted octanol–water partition coefficient (Wildman–Crippen LogP) is 4.46. The largest absolute Gasteiger partial charge is 0.461 e. The number of piperazine rings is 1. The molecule has 0 radical (unpaired) electrons. The first kappa shape index (κ1) is 27.5. The molecule has 1 atom stereocenters. The van der Waals surface area contributed by atoms with Crippen molar-refractivity contribution >= 4 is 34.1 Å². The van der Waals surface area contributed by atoms with Crippen molar-refractivity contribution < 1.29 is 26.7 Å². The Bertz CT molecular complexity index is 1400. The SMILES string of the molecule is CN1CC(F)(F)CC1(C)COc1nc(N2CCNCC2)c2cc(Cl)c(-c3nc(N)ccc3C(F)(F)F)cc2n1. The molecule has 210 valence electrons. The monoisotopic (exact) mass is 571 g/mol. The quantitative estimate of drug-likeness (QED) is 0.434. The third-order valence-corrected chi connectivity index (χ3v) is 7.49. The molecular weight excluding hydrogens is 545 g/mol. The molecule has 39 heavy (non-hydrogen) atoms. The van der Waals surface area contributed by atoms with Gasteiger partial charge in [0.15, 0.2) is 0 Å². The van der Waals surface area contributed by atoms with Gasteiger partial charge in [0.2, 0.25) is 0 Å². The Morgan fingerprint density at radius 2 is 1.85 bits per heavy atom. The lowest BCUT2D eigenvalue weighted by Crippen LogP contribution is -2.44. The lowest BCUT2D eigenvalue weighted by atomic mass is 9.99. The van der Waals surface area contributed by atoms with E-state index in [1.165, 1.54) is 17.0 Å². The molecule has 0 aliphatic carbocycles. The smallest absolute Gasteiger partial charge is 0.418 e. The highest BCUT2D eigenvalue weighted by atomic mass is 35.5. The number of benzene rings is 1. The third kappa shape index (κ3) is 5.52. The number of fused-ring (bicyclic) bond motifs is 1. The van der Waals surface area contributed by atoms with E-state index < -0.39 is 41.9 Å². The van der Waals surface area contributed by atoms with Crippen LogP contribution in [0.1, 0.15) is 18.9 Å². The topological polar surface area (TPSA) is 92.4 Å². The maximum absolute atomic E-state index is 14.1. The number of nitrogens with two attached hydrogens (primary N) is 1. The number of nitrogen functional groups attached to an aromatic ring is 1. The van der Waals surface area contributed by atoms with E-state index in [0.29, 0.717) is 37.4 Å². The van der Waals surface area contributed by atoms with Gasteiger partial charge in [0, 0.05) is 43.5 Å². The van der Waals surface area contributed by atoms with Crippen LogP contribution in [-0.4, -0.2) is 77.7 Å². The Morgan fingerprint density at radius 3 is 2.49 bits per heavy atom. The fourth-order valence-corrected chi connectivity index (χ4v) is 5.30. The van der Waals surface area contributed by atoms with Gasteiger partial charge in [-0.3, -0.25) is 4.90 Å². The zero-order valence-corrected chi connectivity index (χ0v) is 22.0. The second kappa shape index (κ2) is 9.86. The molecular formula is C25H27ClF5N7O. The van der Waals surface area contributed by atoms with Crippen LogP contribution in [0.4, 0.5) is 33.6 Å². The molecule has 2 aliphatic rings. The van der Waals surface area contributed by atoms with Crippen molar-refractivity contribution in [1.29, 1.82) is 0 Å². The number of pyridine rings is 1. The van der Waals surface area contributed by atoms with Crippen molar-refractivity contribution in [3.8, 4) is 17.3 Å². The van der Waals surface area contributed by atoms with Crippen LogP contribution in [-0.2, 0) is 6.18 Å². The fourth-order valence-electron chi connectivity index (χ4n) is 5.05. The number of likely N-dealkylation sites (tertiary alicyclic amines) is 1. The summed E-state index contributed by atoms with van der Waals surface area (Å²) in [5.74, 6) is -2.47. The summed E-state index contributed by atoms with van der Waals surface area (Å²) in [7, 11) is 1.60. The summed E-state index contributed by atoms with van der Waals surface area (Å²) in [6, 6.07) is 4.75. The molecule has 4 heterocycles. The van der Waals surface area contributed by atoms with Crippen LogP contribution in [0.3, 0.4) is 0 Å². The van der Waals surface area contributed by atoms with Crippen molar-refractivity contribution in [3.63, 3.8) is 0 Å². The minimum absolute atomic E-state index is 0.0122. The van der Waals surface area contributed by atoms with Crippen molar-refractivity contribution in [1.82, 2.24) is 25.2 Å². The Kier molecular flexibility index (Phi) is 6.96. The summed E-state index contributed by atoms with van der Waals surface area (Å²) in [6.07, 6.45) is -5.10. The van der Waals surface area contributed by atoms with E-state index >= 15 is 0 Å². The predicted molar refractivity (Wildman–Crippen MR) is 138 cm³/mol. The standard InChI is InChI=1S/C25H27ClF5N7O/c1-23(11-24(27,28)12-37(23)2)13-39-22-34-18-10-14(20-16(25(29,30)31)3-4-19(32)35-20)17(26)9-15(18)21(36-22)38-7-5-33-6-8-38/h3-4,9-10,33H,5-8,11-13H2,1-2H3,(H2,32,35). The van der Waals surface area contributed by atoms with Gasteiger partial charge in [-0.2, -0.15) is 23.1 Å². The van der Waals surface area contributed by atoms with Gasteiger partial charge in [0.25, 0.3) is 5.92 Å². The van der Waals surface area contributed by atoms with Gasteiger partial charge in [-0.25, -0.2) is 13.8 Å². The highest BCUT2D eigenvalue weighted by Crippen LogP contribution is 2.42. The molecule has 5 rings (SSSR count). The molecule has 14 heteroatoms. The van der Waals surface area contributed by atoms with Crippen molar-refractivity contribution in [2.24, 2.45) is 0 Å². The lowest BCUT2D eigenvalue weighted by molar-refractivity contribution is -0.137. The van der Waals surface area contributed by atoms with E-state index in [2.05, 4.69) is 20.3 Å². The number of hydrogen-bond acceptors (Lipinski definition) is 8. The number of nitrogens with one attached hydrogen (secondary N) is 1. The molecule has 0 bridgehead atoms. The van der Waals surface area contributed by atoms with Crippen LogP contribution in [0.5, 0.6) is 6.01 Å². The van der Waals surface area contributed by atoms with Crippen molar-refractivity contribution in [2.75, 3.05) is 57.0 Å². The number of likely N-dealkylation sites (N-methyl/N-ethyl adjacent to an activating group) is 1. The number of anilines is 2. The molecule has 0 spiro atoms. The summed E-state index contributed by atoms with van der Waals surface area (Å²) in [6.45, 7) is 3.75. The zero-order chi connectivity index (χ0) is 28.2. The van der Waals surface area contributed by atoms with Crippen LogP contribution in [0.15, 0.2) is 24.3 Å². The van der Waals surface area contributed by atoms with E-state index in [0.717, 1.165) is 12.1 Å². The van der Waals surface area contributed by atoms with E-state index in [9.17, 15) is 22.0 Å². The first-order valence-electron chi connectivity index (χ1n) is 12.3. The summed E-state index contributed by atoms with van der Waals surface area (Å²) in [5.41, 5.74) is 3.59. The van der Waals surface area contributed by atoms with E-state index in [1.807, 2.05) is 4.90 Å². The van der Waals surface area contributed by atoms with Crippen LogP contribution in [0.25, 0.3) is 22.2 Å². The van der Waals surface area contributed by atoms with Gasteiger partial charge >= 0.3 is 12.2 Å². The maximum atomic E-state index is 14.1. The molecule has 2 aromatic heterocycles. The number of hydrogen-bond donors (Lipinski definition) is 2. The molecule has 0 saturated carbocycles. The number of ether oxygens (including phenoxy) is 1. The minimum atomic E-state index is -4.70. The molecule has 3 N–H and O–H groups in total. The molecule has 1 unspecified atom stereocenters. The number of aromatic nitrogens is 3. The number of alkyl halides is 5. The van der Waals surface area contributed by atoms with E-state index in [4.69, 9.17) is 22.1 Å². The Morgan fingerprint density at radius 1 is 1.13 bits per heavy atom. The first-order valence-corrected chi connectivity index (χ1v) is 12.7. The summed E-state index contributed by atoms with van der Waals surface area (Å²) in [4.78, 5) is 16.5. The van der Waals surface area contributed by atoms with Gasteiger partial charge in [-0.15, -0.1) is 0 Å². The second-order valence-electron chi connectivity index (χ2n) is 10.2. The average Bonchev–Trinajstić information content (AvgIpc) is 3.07. The normalized spacial score (nSPS) is 22.0. The average molecular weight is 572 g/mol.